The highest BCUT2D eigenvalue weighted by molar-refractivity contribution is 7.86. The molecule has 1 fully saturated rings. The zero-order chi connectivity index (χ0) is 25.1. The van der Waals surface area contributed by atoms with Gasteiger partial charge in [-0.1, -0.05) is 30.3 Å². The minimum atomic E-state index is -1.50. The minimum Gasteiger partial charge on any atom is -0.336 e. The summed E-state index contributed by atoms with van der Waals surface area (Å²) in [5, 5.41) is 0.931. The van der Waals surface area contributed by atoms with Crippen molar-refractivity contribution in [1.29, 1.82) is 0 Å². The maximum atomic E-state index is 13.1. The van der Waals surface area contributed by atoms with Gasteiger partial charge in [0.05, 0.1) is 10.4 Å². The number of aromatic nitrogens is 1. The predicted molar refractivity (Wildman–Crippen MR) is 141 cm³/mol. The van der Waals surface area contributed by atoms with Gasteiger partial charge in [-0.25, -0.2) is 8.60 Å². The summed E-state index contributed by atoms with van der Waals surface area (Å²) in [5.41, 5.74) is 3.93. The molecular weight excluding hydrogens is 475 g/mol. The zero-order valence-corrected chi connectivity index (χ0v) is 20.8. The number of anilines is 1. The van der Waals surface area contributed by atoms with Crippen molar-refractivity contribution >= 4 is 33.5 Å². The van der Waals surface area contributed by atoms with E-state index in [4.69, 9.17) is 0 Å². The van der Waals surface area contributed by atoms with Gasteiger partial charge < -0.3 is 9.62 Å². The summed E-state index contributed by atoms with van der Waals surface area (Å²) in [4.78, 5) is 22.3. The van der Waals surface area contributed by atoms with Gasteiger partial charge in [0.1, 0.15) is 5.82 Å². The molecule has 36 heavy (non-hydrogen) atoms. The first-order valence-electron chi connectivity index (χ1n) is 11.9. The normalized spacial score (nSPS) is 15.1. The molecule has 1 aliphatic heterocycles. The number of benzene rings is 3. The smallest absolute Gasteiger partial charge is 0.253 e. The third-order valence-electron chi connectivity index (χ3n) is 6.45. The number of amides is 1. The summed E-state index contributed by atoms with van der Waals surface area (Å²) in [7, 11) is -1.50. The Balaban J connectivity index is 1.21. The molecule has 1 aliphatic rings. The van der Waals surface area contributed by atoms with Gasteiger partial charge in [0, 0.05) is 55.6 Å². The number of hydrogen-bond donors (Lipinski definition) is 1. The van der Waals surface area contributed by atoms with Crippen LogP contribution in [0, 0.1) is 12.7 Å². The fourth-order valence-electron chi connectivity index (χ4n) is 4.43. The van der Waals surface area contributed by atoms with Gasteiger partial charge in [-0.2, -0.15) is 0 Å². The zero-order valence-electron chi connectivity index (χ0n) is 20.0. The Bertz CT molecular complexity index is 1410. The molecule has 3 aromatic carbocycles. The molecule has 1 aromatic heterocycles. The van der Waals surface area contributed by atoms with Crippen molar-refractivity contribution in [2.45, 2.75) is 18.4 Å². The van der Waals surface area contributed by atoms with Crippen LogP contribution in [0.15, 0.2) is 83.9 Å². The molecule has 6 nitrogen and oxygen atoms in total. The monoisotopic (exact) mass is 502 g/mol. The minimum absolute atomic E-state index is 0.00884. The van der Waals surface area contributed by atoms with E-state index in [1.165, 1.54) is 12.1 Å². The van der Waals surface area contributed by atoms with E-state index in [1.807, 2.05) is 48.2 Å². The standard InChI is InChI=1S/C28H27FN4O2S/c1-20-18-23(28(34)33-16-14-32(15-17-33)19-21-7-10-24(29)11-8-21)9-12-25(20)31-36(35)26-6-2-4-22-5-3-13-30-27(22)26/h2-13,18,31H,14-17,19H2,1H3. The average molecular weight is 503 g/mol. The van der Waals surface area contributed by atoms with E-state index in [-0.39, 0.29) is 11.7 Å². The first-order valence-corrected chi connectivity index (χ1v) is 13.0. The number of nitrogens with one attached hydrogen (secondary N) is 1. The van der Waals surface area contributed by atoms with Crippen molar-refractivity contribution < 1.29 is 13.4 Å². The van der Waals surface area contributed by atoms with Gasteiger partial charge in [-0.05, 0) is 60.5 Å². The number of pyridine rings is 1. The molecule has 1 saturated heterocycles. The van der Waals surface area contributed by atoms with Gasteiger partial charge in [-0.3, -0.25) is 14.7 Å². The largest absolute Gasteiger partial charge is 0.336 e. The number of aryl methyl sites for hydroxylation is 1. The average Bonchev–Trinajstić information content (AvgIpc) is 2.91. The molecule has 0 bridgehead atoms. The van der Waals surface area contributed by atoms with Crippen LogP contribution < -0.4 is 4.72 Å². The number of nitrogens with zero attached hydrogens (tertiary/aromatic N) is 3. The number of carbonyl (C=O) groups is 1. The van der Waals surface area contributed by atoms with Crippen molar-refractivity contribution in [3.05, 3.63) is 102 Å². The number of piperazine rings is 1. The van der Waals surface area contributed by atoms with Crippen LogP contribution in [0.4, 0.5) is 10.1 Å². The Hall–Kier alpha value is -3.62. The molecular formula is C28H27FN4O2S. The van der Waals surface area contributed by atoms with E-state index in [0.717, 1.165) is 36.1 Å². The second kappa shape index (κ2) is 10.6. The molecule has 1 unspecified atom stereocenters. The topological polar surface area (TPSA) is 65.5 Å². The second-order valence-corrected chi connectivity index (χ2v) is 10.1. The van der Waals surface area contributed by atoms with Crippen LogP contribution in [-0.2, 0) is 17.5 Å². The summed E-state index contributed by atoms with van der Waals surface area (Å²) in [5.74, 6) is -0.243. The molecule has 184 valence electrons. The fraction of sp³-hybridized carbons (Fsp3) is 0.214. The lowest BCUT2D eigenvalue weighted by molar-refractivity contribution is 0.0628. The predicted octanol–water partition coefficient (Wildman–Crippen LogP) is 4.78. The van der Waals surface area contributed by atoms with E-state index >= 15 is 0 Å². The Morgan fingerprint density at radius 2 is 1.75 bits per heavy atom. The second-order valence-electron chi connectivity index (χ2n) is 8.93. The molecule has 2 heterocycles. The van der Waals surface area contributed by atoms with Crippen LogP contribution in [-0.4, -0.2) is 51.1 Å². The Morgan fingerprint density at radius 1 is 1.00 bits per heavy atom. The summed E-state index contributed by atoms with van der Waals surface area (Å²) in [6.45, 7) is 5.44. The highest BCUT2D eigenvalue weighted by atomic mass is 32.2. The van der Waals surface area contributed by atoms with Crippen LogP contribution in [0.25, 0.3) is 10.9 Å². The molecule has 4 aromatic rings. The molecule has 0 aliphatic carbocycles. The van der Waals surface area contributed by atoms with E-state index in [9.17, 15) is 13.4 Å². The summed E-state index contributed by atoms with van der Waals surface area (Å²) in [6, 6.07) is 21.4. The van der Waals surface area contributed by atoms with E-state index in [1.54, 1.807) is 30.5 Å². The van der Waals surface area contributed by atoms with Gasteiger partial charge in [0.15, 0.2) is 11.0 Å². The van der Waals surface area contributed by atoms with Gasteiger partial charge >= 0.3 is 0 Å². The number of hydrogen-bond acceptors (Lipinski definition) is 4. The van der Waals surface area contributed by atoms with Crippen LogP contribution in [0.5, 0.6) is 0 Å². The molecule has 8 heteroatoms. The van der Waals surface area contributed by atoms with Crippen LogP contribution in [0.3, 0.4) is 0 Å². The van der Waals surface area contributed by atoms with E-state index in [0.29, 0.717) is 34.8 Å². The fourth-order valence-corrected chi connectivity index (χ4v) is 5.52. The van der Waals surface area contributed by atoms with Crippen molar-refractivity contribution in [2.75, 3.05) is 30.9 Å². The van der Waals surface area contributed by atoms with Gasteiger partial charge in [-0.15, -0.1) is 0 Å². The van der Waals surface area contributed by atoms with Gasteiger partial charge in [0.25, 0.3) is 5.91 Å². The van der Waals surface area contributed by atoms with Crippen LogP contribution >= 0.6 is 0 Å². The number of fused-ring (bicyclic) bond motifs is 1. The molecule has 1 amide bonds. The molecule has 5 rings (SSSR count). The number of para-hydroxylation sites is 1. The highest BCUT2D eigenvalue weighted by Crippen LogP contribution is 2.24. The number of carbonyl (C=O) groups excluding carboxylic acids is 1. The third kappa shape index (κ3) is 5.29. The third-order valence-corrected chi connectivity index (χ3v) is 7.58. The maximum Gasteiger partial charge on any atom is 0.253 e. The van der Waals surface area contributed by atoms with E-state index in [2.05, 4.69) is 14.6 Å². The SMILES string of the molecule is Cc1cc(C(=O)N2CCN(Cc3ccc(F)cc3)CC2)ccc1NS(=O)c1cccc2cccnc12. The quantitative estimate of drug-likeness (QED) is 0.412. The number of halogens is 1. The van der Waals surface area contributed by atoms with E-state index < -0.39 is 11.0 Å². The lowest BCUT2D eigenvalue weighted by Crippen LogP contribution is -2.48. The first-order chi connectivity index (χ1) is 17.5. The summed E-state index contributed by atoms with van der Waals surface area (Å²) in [6.07, 6.45) is 1.69. The lowest BCUT2D eigenvalue weighted by Gasteiger charge is -2.35. The van der Waals surface area contributed by atoms with Crippen molar-refractivity contribution in [3.8, 4) is 0 Å². The lowest BCUT2D eigenvalue weighted by atomic mass is 10.1. The Kier molecular flexibility index (Phi) is 7.06. The molecule has 0 radical (unpaired) electrons. The van der Waals surface area contributed by atoms with Gasteiger partial charge in [0.2, 0.25) is 0 Å². The Morgan fingerprint density at radius 3 is 2.50 bits per heavy atom. The summed E-state index contributed by atoms with van der Waals surface area (Å²) < 4.78 is 29.3. The van der Waals surface area contributed by atoms with Crippen molar-refractivity contribution in [3.63, 3.8) is 0 Å². The molecule has 0 spiro atoms. The van der Waals surface area contributed by atoms with Crippen LogP contribution in [0.1, 0.15) is 21.5 Å². The van der Waals surface area contributed by atoms with Crippen molar-refractivity contribution in [2.24, 2.45) is 0 Å². The first kappa shape index (κ1) is 24.1. The van der Waals surface area contributed by atoms with Crippen LogP contribution in [0.2, 0.25) is 0 Å². The van der Waals surface area contributed by atoms with Crippen molar-refractivity contribution in [1.82, 2.24) is 14.8 Å². The summed E-state index contributed by atoms with van der Waals surface area (Å²) >= 11 is 0. The molecule has 0 saturated carbocycles. The number of rotatable bonds is 6. The maximum absolute atomic E-state index is 13.1. The Labute approximate surface area is 212 Å². The molecule has 1 N–H and O–H groups in total. The highest BCUT2D eigenvalue weighted by Gasteiger charge is 2.23. The molecule has 1 atom stereocenters.